The van der Waals surface area contributed by atoms with Gasteiger partial charge in [-0.1, -0.05) is 6.07 Å². The van der Waals surface area contributed by atoms with E-state index in [2.05, 4.69) is 4.98 Å². The smallest absolute Gasteiger partial charge is 0.241 e. The largest absolute Gasteiger partial charge is 0.361 e. The zero-order valence-corrected chi connectivity index (χ0v) is 9.08. The number of nitrogens with one attached hydrogen (secondary N) is 1. The zero-order valence-electron chi connectivity index (χ0n) is 8.33. The second-order valence-corrected chi connectivity index (χ2v) is 3.60. The van der Waals surface area contributed by atoms with Crippen molar-refractivity contribution in [2.24, 2.45) is 0 Å². The van der Waals surface area contributed by atoms with Gasteiger partial charge >= 0.3 is 0 Å². The van der Waals surface area contributed by atoms with Crippen molar-refractivity contribution in [3.63, 3.8) is 0 Å². The highest BCUT2D eigenvalue weighted by atomic mass is 35.5. The lowest BCUT2D eigenvalue weighted by molar-refractivity contribution is -0.116. The Hall–Kier alpha value is -1.48. The molecule has 0 saturated heterocycles. The molecule has 1 heterocycles. The van der Waals surface area contributed by atoms with Gasteiger partial charge in [0.1, 0.15) is 5.88 Å². The van der Waals surface area contributed by atoms with Gasteiger partial charge in [-0.3, -0.25) is 4.79 Å². The van der Waals surface area contributed by atoms with Crippen LogP contribution in [-0.4, -0.2) is 23.8 Å². The molecule has 2 aromatic rings. The Morgan fingerprint density at radius 2 is 2.27 bits per heavy atom. The molecule has 0 atom stereocenters. The summed E-state index contributed by atoms with van der Waals surface area (Å²) in [4.78, 5) is 16.0. The molecule has 4 heteroatoms. The number of rotatable bonds is 2. The molecule has 0 fully saturated rings. The number of nitrogens with zero attached hydrogens (tertiary/aromatic N) is 1. The molecule has 0 saturated carbocycles. The van der Waals surface area contributed by atoms with E-state index >= 15 is 0 Å². The molecule has 1 N–H and O–H groups in total. The summed E-state index contributed by atoms with van der Waals surface area (Å²) < 4.78 is 0. The molecule has 0 radical (unpaired) electrons. The van der Waals surface area contributed by atoms with Gasteiger partial charge in [-0.05, 0) is 23.6 Å². The molecule has 0 bridgehead atoms. The number of anilines is 1. The number of alkyl halides is 1. The maximum Gasteiger partial charge on any atom is 0.241 e. The van der Waals surface area contributed by atoms with Crippen molar-refractivity contribution in [3.8, 4) is 0 Å². The van der Waals surface area contributed by atoms with E-state index in [1.165, 1.54) is 0 Å². The number of aromatic amines is 1. The van der Waals surface area contributed by atoms with E-state index in [-0.39, 0.29) is 11.8 Å². The third-order valence-electron chi connectivity index (χ3n) is 2.41. The molecule has 0 aliphatic carbocycles. The Labute approximate surface area is 92.6 Å². The topological polar surface area (TPSA) is 36.1 Å². The molecule has 15 heavy (non-hydrogen) atoms. The Kier molecular flexibility index (Phi) is 2.64. The predicted octanol–water partition coefficient (Wildman–Crippen LogP) is 2.37. The summed E-state index contributed by atoms with van der Waals surface area (Å²) in [6.45, 7) is 0. The number of hydrogen-bond acceptors (Lipinski definition) is 1. The van der Waals surface area contributed by atoms with Gasteiger partial charge in [-0.2, -0.15) is 0 Å². The number of carbonyl (C=O) groups is 1. The van der Waals surface area contributed by atoms with Gasteiger partial charge in [-0.15, -0.1) is 11.6 Å². The first-order valence-corrected chi connectivity index (χ1v) is 5.15. The average molecular weight is 223 g/mol. The van der Waals surface area contributed by atoms with Crippen LogP contribution in [0.4, 0.5) is 5.69 Å². The van der Waals surface area contributed by atoms with Crippen LogP contribution in [0.25, 0.3) is 10.9 Å². The number of amides is 1. The van der Waals surface area contributed by atoms with Crippen molar-refractivity contribution < 1.29 is 4.79 Å². The van der Waals surface area contributed by atoms with Crippen molar-refractivity contribution in [1.82, 2.24) is 4.98 Å². The van der Waals surface area contributed by atoms with Gasteiger partial charge in [0.15, 0.2) is 0 Å². The van der Waals surface area contributed by atoms with E-state index in [1.807, 2.05) is 30.5 Å². The summed E-state index contributed by atoms with van der Waals surface area (Å²) in [5, 5.41) is 1.13. The Morgan fingerprint density at radius 1 is 1.47 bits per heavy atom. The number of fused-ring (bicyclic) bond motifs is 1. The van der Waals surface area contributed by atoms with Crippen molar-refractivity contribution >= 4 is 34.1 Å². The van der Waals surface area contributed by atoms with E-state index in [9.17, 15) is 4.79 Å². The first-order chi connectivity index (χ1) is 7.22. The highest BCUT2D eigenvalue weighted by Gasteiger charge is 2.09. The molecule has 0 unspecified atom stereocenters. The maximum absolute atomic E-state index is 11.4. The van der Waals surface area contributed by atoms with Gasteiger partial charge in [0.25, 0.3) is 0 Å². The van der Waals surface area contributed by atoms with Crippen LogP contribution in [0.3, 0.4) is 0 Å². The van der Waals surface area contributed by atoms with Crippen LogP contribution in [0.15, 0.2) is 30.5 Å². The first-order valence-electron chi connectivity index (χ1n) is 4.62. The minimum atomic E-state index is -0.109. The molecule has 0 spiro atoms. The molecule has 1 aromatic heterocycles. The second kappa shape index (κ2) is 3.95. The van der Waals surface area contributed by atoms with Crippen molar-refractivity contribution in [2.75, 3.05) is 17.8 Å². The number of H-pyrrole nitrogens is 1. The highest BCUT2D eigenvalue weighted by Crippen LogP contribution is 2.20. The van der Waals surface area contributed by atoms with E-state index in [1.54, 1.807) is 11.9 Å². The van der Waals surface area contributed by atoms with Crippen molar-refractivity contribution in [1.29, 1.82) is 0 Å². The third kappa shape index (κ3) is 1.83. The van der Waals surface area contributed by atoms with Crippen LogP contribution >= 0.6 is 11.6 Å². The predicted molar refractivity (Wildman–Crippen MR) is 62.4 cm³/mol. The number of hydrogen-bond donors (Lipinski definition) is 1. The van der Waals surface area contributed by atoms with Gasteiger partial charge < -0.3 is 9.88 Å². The molecule has 0 aliphatic rings. The molecule has 0 aliphatic heterocycles. The molecule has 3 nitrogen and oxygen atoms in total. The number of benzene rings is 1. The van der Waals surface area contributed by atoms with Crippen LogP contribution in [0.1, 0.15) is 0 Å². The number of halogens is 1. The summed E-state index contributed by atoms with van der Waals surface area (Å²) >= 11 is 5.49. The summed E-state index contributed by atoms with van der Waals surface area (Å²) in [6.07, 6.45) is 1.87. The standard InChI is InChI=1S/C11H11ClN2O/c1-14(11(15)7-12)9-3-2-8-4-5-13-10(8)6-9/h2-6,13H,7H2,1H3. The highest BCUT2D eigenvalue weighted by molar-refractivity contribution is 6.29. The van der Waals surface area contributed by atoms with Crippen LogP contribution in [0.5, 0.6) is 0 Å². The minimum Gasteiger partial charge on any atom is -0.361 e. The lowest BCUT2D eigenvalue weighted by atomic mass is 10.2. The normalized spacial score (nSPS) is 10.5. The van der Waals surface area contributed by atoms with Gasteiger partial charge in [-0.25, -0.2) is 0 Å². The van der Waals surface area contributed by atoms with E-state index in [0.717, 1.165) is 16.6 Å². The van der Waals surface area contributed by atoms with Crippen LogP contribution in [0.2, 0.25) is 0 Å². The molecule has 78 valence electrons. The SMILES string of the molecule is CN(C(=O)CCl)c1ccc2cc[nH]c2c1. The Morgan fingerprint density at radius 3 is 3.00 bits per heavy atom. The minimum absolute atomic E-state index is 0.000731. The van der Waals surface area contributed by atoms with Gasteiger partial charge in [0, 0.05) is 24.4 Å². The second-order valence-electron chi connectivity index (χ2n) is 3.34. The molecule has 1 amide bonds. The summed E-state index contributed by atoms with van der Waals surface area (Å²) in [5.41, 5.74) is 1.86. The van der Waals surface area contributed by atoms with E-state index in [0.29, 0.717) is 0 Å². The lowest BCUT2D eigenvalue weighted by Crippen LogP contribution is -2.27. The molecule has 2 rings (SSSR count). The molecular formula is C11H11ClN2O. The first kappa shape index (κ1) is 10.1. The lowest BCUT2D eigenvalue weighted by Gasteiger charge is -2.15. The average Bonchev–Trinajstić information content (AvgIpc) is 2.73. The maximum atomic E-state index is 11.4. The molecular weight excluding hydrogens is 212 g/mol. The van der Waals surface area contributed by atoms with Gasteiger partial charge in [0.2, 0.25) is 5.91 Å². The van der Waals surface area contributed by atoms with Crippen LogP contribution < -0.4 is 4.90 Å². The number of aromatic nitrogens is 1. The quantitative estimate of drug-likeness (QED) is 0.779. The number of carbonyl (C=O) groups excluding carboxylic acids is 1. The Bertz CT molecular complexity index is 492. The van der Waals surface area contributed by atoms with E-state index < -0.39 is 0 Å². The summed E-state index contributed by atoms with van der Waals surface area (Å²) in [5.74, 6) is -0.109. The fourth-order valence-electron chi connectivity index (χ4n) is 1.48. The third-order valence-corrected chi connectivity index (χ3v) is 2.64. The van der Waals surface area contributed by atoms with Crippen molar-refractivity contribution in [3.05, 3.63) is 30.5 Å². The van der Waals surface area contributed by atoms with E-state index in [4.69, 9.17) is 11.6 Å². The fourth-order valence-corrected chi connectivity index (χ4v) is 1.66. The fraction of sp³-hybridized carbons (Fsp3) is 0.182. The van der Waals surface area contributed by atoms with Gasteiger partial charge in [0.05, 0.1) is 0 Å². The van der Waals surface area contributed by atoms with Crippen LogP contribution in [-0.2, 0) is 4.79 Å². The van der Waals surface area contributed by atoms with Crippen LogP contribution in [0, 0.1) is 0 Å². The monoisotopic (exact) mass is 222 g/mol. The Balaban J connectivity index is 2.39. The van der Waals surface area contributed by atoms with Crippen molar-refractivity contribution in [2.45, 2.75) is 0 Å². The summed E-state index contributed by atoms with van der Waals surface area (Å²) in [6, 6.07) is 7.79. The zero-order chi connectivity index (χ0) is 10.8. The summed E-state index contributed by atoms with van der Waals surface area (Å²) in [7, 11) is 1.72. The molecule has 1 aromatic carbocycles.